The second-order valence-electron chi connectivity index (χ2n) is 3.98. The van der Waals surface area contributed by atoms with Crippen molar-refractivity contribution in [2.24, 2.45) is 0 Å². The number of benzene rings is 1. The van der Waals surface area contributed by atoms with E-state index in [1.54, 1.807) is 0 Å². The quantitative estimate of drug-likeness (QED) is 0.661. The molecule has 0 saturated carbocycles. The third kappa shape index (κ3) is 2.52. The van der Waals surface area contributed by atoms with Crippen LogP contribution in [0, 0.1) is 0 Å². The Balaban J connectivity index is 1.95. The van der Waals surface area contributed by atoms with Crippen LogP contribution in [0.3, 0.4) is 0 Å². The molecule has 0 atom stereocenters. The van der Waals surface area contributed by atoms with Crippen LogP contribution < -0.4 is 10.1 Å². The van der Waals surface area contributed by atoms with Gasteiger partial charge in [-0.05, 0) is 17.2 Å². The predicted molar refractivity (Wildman–Crippen MR) is 60.4 cm³/mol. The van der Waals surface area contributed by atoms with Crippen LogP contribution in [-0.4, -0.2) is 36.1 Å². The van der Waals surface area contributed by atoms with E-state index < -0.39 is 0 Å². The molecule has 0 saturated heterocycles. The predicted octanol–water partition coefficient (Wildman–Crippen LogP) is 0.0643. The maximum atomic E-state index is 8.92. The normalized spacial score (nSPS) is 13.9. The third-order valence-electron chi connectivity index (χ3n) is 2.79. The molecule has 16 heavy (non-hydrogen) atoms. The van der Waals surface area contributed by atoms with Gasteiger partial charge in [0.25, 0.3) is 0 Å². The molecular weight excluding hydrogens is 206 g/mol. The zero-order chi connectivity index (χ0) is 11.4. The maximum Gasteiger partial charge on any atom is 0.122 e. The van der Waals surface area contributed by atoms with E-state index in [9.17, 15) is 0 Å². The van der Waals surface area contributed by atoms with Crippen molar-refractivity contribution < 1.29 is 14.9 Å². The van der Waals surface area contributed by atoms with Gasteiger partial charge >= 0.3 is 0 Å². The zero-order valence-corrected chi connectivity index (χ0v) is 9.15. The number of nitrogens with one attached hydrogen (secondary N) is 1. The topological polar surface area (TPSA) is 61.7 Å². The van der Waals surface area contributed by atoms with Gasteiger partial charge in [-0.3, -0.25) is 0 Å². The van der Waals surface area contributed by atoms with E-state index in [1.165, 1.54) is 5.56 Å². The molecule has 0 amide bonds. The summed E-state index contributed by atoms with van der Waals surface area (Å²) in [6, 6.07) is 5.85. The third-order valence-corrected chi connectivity index (χ3v) is 2.79. The highest BCUT2D eigenvalue weighted by molar-refractivity contribution is 5.39. The molecule has 1 aromatic carbocycles. The lowest BCUT2D eigenvalue weighted by Crippen LogP contribution is -2.35. The summed E-state index contributed by atoms with van der Waals surface area (Å²) in [5.41, 5.74) is 2.39. The molecule has 0 unspecified atom stereocenters. The van der Waals surface area contributed by atoms with E-state index in [4.69, 9.17) is 14.9 Å². The van der Waals surface area contributed by atoms with Gasteiger partial charge in [0.05, 0.1) is 25.9 Å². The largest absolute Gasteiger partial charge is 0.493 e. The summed E-state index contributed by atoms with van der Waals surface area (Å²) < 4.78 is 5.42. The van der Waals surface area contributed by atoms with Crippen molar-refractivity contribution in [3.05, 3.63) is 29.3 Å². The highest BCUT2D eigenvalue weighted by atomic mass is 16.5. The molecule has 4 nitrogen and oxygen atoms in total. The standard InChI is InChI=1S/C12H17NO3/c14-7-11(8-15)13-6-9-1-2-12-10(5-9)3-4-16-12/h1-2,5,11,13-15H,3-4,6-8H2. The monoisotopic (exact) mass is 223 g/mol. The van der Waals surface area contributed by atoms with Crippen molar-refractivity contribution in [1.82, 2.24) is 5.32 Å². The Morgan fingerprint density at radius 1 is 1.31 bits per heavy atom. The second kappa shape index (κ2) is 5.30. The van der Waals surface area contributed by atoms with Crippen molar-refractivity contribution in [3.8, 4) is 5.75 Å². The van der Waals surface area contributed by atoms with E-state index in [2.05, 4.69) is 11.4 Å². The lowest BCUT2D eigenvalue weighted by atomic mass is 10.1. The number of rotatable bonds is 5. The van der Waals surface area contributed by atoms with E-state index in [0.717, 1.165) is 24.3 Å². The summed E-state index contributed by atoms with van der Waals surface area (Å²) in [7, 11) is 0. The Morgan fingerprint density at radius 2 is 2.12 bits per heavy atom. The minimum absolute atomic E-state index is 0.0510. The molecule has 4 heteroatoms. The lowest BCUT2D eigenvalue weighted by Gasteiger charge is -2.13. The van der Waals surface area contributed by atoms with E-state index in [0.29, 0.717) is 6.54 Å². The van der Waals surface area contributed by atoms with E-state index in [-0.39, 0.29) is 19.3 Å². The first-order valence-corrected chi connectivity index (χ1v) is 5.53. The van der Waals surface area contributed by atoms with Crippen LogP contribution in [0.1, 0.15) is 11.1 Å². The van der Waals surface area contributed by atoms with E-state index >= 15 is 0 Å². The van der Waals surface area contributed by atoms with Crippen molar-refractivity contribution >= 4 is 0 Å². The Bertz CT molecular complexity index is 350. The summed E-state index contributed by atoms with van der Waals surface area (Å²) in [6.45, 7) is 1.32. The smallest absolute Gasteiger partial charge is 0.122 e. The maximum absolute atomic E-state index is 8.92. The highest BCUT2D eigenvalue weighted by Crippen LogP contribution is 2.25. The molecule has 2 rings (SSSR count). The summed E-state index contributed by atoms with van der Waals surface area (Å²) in [5.74, 6) is 0.976. The SMILES string of the molecule is OCC(CO)NCc1ccc2c(c1)CCO2. The zero-order valence-electron chi connectivity index (χ0n) is 9.15. The minimum Gasteiger partial charge on any atom is -0.493 e. The van der Waals surface area contributed by atoms with Crippen LogP contribution >= 0.6 is 0 Å². The van der Waals surface area contributed by atoms with Crippen LogP contribution in [-0.2, 0) is 13.0 Å². The van der Waals surface area contributed by atoms with Gasteiger partial charge < -0.3 is 20.3 Å². The first-order chi connectivity index (χ1) is 7.83. The molecule has 0 aromatic heterocycles. The molecule has 1 heterocycles. The molecule has 1 aromatic rings. The molecule has 1 aliphatic heterocycles. The molecule has 0 bridgehead atoms. The van der Waals surface area contributed by atoms with Gasteiger partial charge in [-0.25, -0.2) is 0 Å². The summed E-state index contributed by atoms with van der Waals surface area (Å²) in [4.78, 5) is 0. The van der Waals surface area contributed by atoms with Crippen LogP contribution in [0.25, 0.3) is 0 Å². The van der Waals surface area contributed by atoms with Crippen molar-refractivity contribution in [1.29, 1.82) is 0 Å². The van der Waals surface area contributed by atoms with Crippen LogP contribution in [0.4, 0.5) is 0 Å². The average Bonchev–Trinajstić information content (AvgIpc) is 2.77. The van der Waals surface area contributed by atoms with Crippen molar-refractivity contribution in [3.63, 3.8) is 0 Å². The second-order valence-corrected chi connectivity index (χ2v) is 3.98. The minimum atomic E-state index is -0.246. The van der Waals surface area contributed by atoms with Crippen LogP contribution in [0.5, 0.6) is 5.75 Å². The lowest BCUT2D eigenvalue weighted by molar-refractivity contribution is 0.170. The Hall–Kier alpha value is -1.10. The number of fused-ring (bicyclic) bond motifs is 1. The molecular formula is C12H17NO3. The summed E-state index contributed by atoms with van der Waals surface area (Å²) in [5, 5.41) is 20.9. The Kier molecular flexibility index (Phi) is 3.77. The molecule has 1 aliphatic rings. The average molecular weight is 223 g/mol. The summed E-state index contributed by atoms with van der Waals surface area (Å²) >= 11 is 0. The van der Waals surface area contributed by atoms with Crippen molar-refractivity contribution in [2.45, 2.75) is 19.0 Å². The summed E-state index contributed by atoms with van der Waals surface area (Å²) in [6.07, 6.45) is 0.965. The fraction of sp³-hybridized carbons (Fsp3) is 0.500. The molecule has 3 N–H and O–H groups in total. The van der Waals surface area contributed by atoms with Gasteiger partial charge in [0.1, 0.15) is 5.75 Å². The van der Waals surface area contributed by atoms with Crippen molar-refractivity contribution in [2.75, 3.05) is 19.8 Å². The Labute approximate surface area is 94.9 Å². The number of hydrogen-bond donors (Lipinski definition) is 3. The van der Waals surface area contributed by atoms with Gasteiger partial charge in [0, 0.05) is 13.0 Å². The van der Waals surface area contributed by atoms with Gasteiger partial charge in [0.15, 0.2) is 0 Å². The molecule has 0 radical (unpaired) electrons. The number of aliphatic hydroxyl groups is 2. The number of ether oxygens (including phenoxy) is 1. The highest BCUT2D eigenvalue weighted by Gasteiger charge is 2.12. The van der Waals surface area contributed by atoms with Gasteiger partial charge in [-0.2, -0.15) is 0 Å². The van der Waals surface area contributed by atoms with Crippen LogP contribution in [0.15, 0.2) is 18.2 Å². The van der Waals surface area contributed by atoms with E-state index in [1.807, 2.05) is 12.1 Å². The first kappa shape index (κ1) is 11.4. The van der Waals surface area contributed by atoms with Gasteiger partial charge in [0.2, 0.25) is 0 Å². The molecule has 0 spiro atoms. The Morgan fingerprint density at radius 3 is 2.88 bits per heavy atom. The van der Waals surface area contributed by atoms with Gasteiger partial charge in [-0.1, -0.05) is 12.1 Å². The number of hydrogen-bond acceptors (Lipinski definition) is 4. The fourth-order valence-corrected chi connectivity index (χ4v) is 1.80. The molecule has 0 aliphatic carbocycles. The first-order valence-electron chi connectivity index (χ1n) is 5.53. The van der Waals surface area contributed by atoms with Crippen LogP contribution in [0.2, 0.25) is 0 Å². The fourth-order valence-electron chi connectivity index (χ4n) is 1.80. The molecule has 88 valence electrons. The van der Waals surface area contributed by atoms with Gasteiger partial charge in [-0.15, -0.1) is 0 Å². The molecule has 0 fully saturated rings. The number of aliphatic hydroxyl groups excluding tert-OH is 2.